The van der Waals surface area contributed by atoms with Crippen molar-refractivity contribution in [3.05, 3.63) is 3.92 Å². The molecular formula is C9H15BrN4OS. The molecule has 1 atom stereocenters. The number of hydrogen-bond donors (Lipinski definition) is 2. The van der Waals surface area contributed by atoms with E-state index in [1.807, 2.05) is 0 Å². The van der Waals surface area contributed by atoms with Crippen molar-refractivity contribution in [2.24, 2.45) is 5.92 Å². The smallest absolute Gasteiger partial charge is 0.242 e. The molecule has 0 aliphatic carbocycles. The molecule has 7 heteroatoms. The zero-order chi connectivity index (χ0) is 12.1. The molecule has 0 saturated carbocycles. The fraction of sp³-hybridized carbons (Fsp3) is 0.667. The van der Waals surface area contributed by atoms with E-state index >= 15 is 0 Å². The van der Waals surface area contributed by atoms with Gasteiger partial charge in [0, 0.05) is 6.54 Å². The Morgan fingerprint density at radius 1 is 1.44 bits per heavy atom. The van der Waals surface area contributed by atoms with E-state index < -0.39 is 0 Å². The molecular weight excluding hydrogens is 292 g/mol. The summed E-state index contributed by atoms with van der Waals surface area (Å²) in [5.41, 5.74) is 0. The first-order chi connectivity index (χ1) is 7.49. The third kappa shape index (κ3) is 4.44. The molecule has 0 fully saturated rings. The van der Waals surface area contributed by atoms with Crippen LogP contribution >= 0.6 is 27.3 Å². The average molecular weight is 307 g/mol. The molecule has 1 amide bonds. The summed E-state index contributed by atoms with van der Waals surface area (Å²) in [4.78, 5) is 11.6. The van der Waals surface area contributed by atoms with Crippen LogP contribution in [0, 0.1) is 5.92 Å². The largest absolute Gasteiger partial charge is 0.354 e. The molecule has 5 nitrogen and oxygen atoms in total. The van der Waals surface area contributed by atoms with Gasteiger partial charge in [0.05, 0.1) is 0 Å². The van der Waals surface area contributed by atoms with Crippen molar-refractivity contribution in [3.63, 3.8) is 0 Å². The van der Waals surface area contributed by atoms with Crippen LogP contribution in [0.3, 0.4) is 0 Å². The highest BCUT2D eigenvalue weighted by Gasteiger charge is 2.14. The molecule has 1 aromatic rings. The van der Waals surface area contributed by atoms with Crippen LogP contribution in [0.5, 0.6) is 0 Å². The van der Waals surface area contributed by atoms with Gasteiger partial charge < -0.3 is 10.6 Å². The van der Waals surface area contributed by atoms with Crippen molar-refractivity contribution >= 4 is 38.3 Å². The van der Waals surface area contributed by atoms with Crippen LogP contribution in [-0.2, 0) is 4.79 Å². The zero-order valence-corrected chi connectivity index (χ0v) is 11.9. The first-order valence-electron chi connectivity index (χ1n) is 5.02. The van der Waals surface area contributed by atoms with Crippen molar-refractivity contribution in [2.75, 3.05) is 11.9 Å². The van der Waals surface area contributed by atoms with Crippen LogP contribution in [0.1, 0.15) is 20.8 Å². The third-order valence-electron chi connectivity index (χ3n) is 1.82. The van der Waals surface area contributed by atoms with Crippen LogP contribution in [0.25, 0.3) is 0 Å². The Morgan fingerprint density at radius 2 is 2.12 bits per heavy atom. The minimum Gasteiger partial charge on any atom is -0.354 e. The molecule has 16 heavy (non-hydrogen) atoms. The quantitative estimate of drug-likeness (QED) is 0.871. The van der Waals surface area contributed by atoms with E-state index in [9.17, 15) is 4.79 Å². The van der Waals surface area contributed by atoms with Crippen molar-refractivity contribution < 1.29 is 4.79 Å². The summed E-state index contributed by atoms with van der Waals surface area (Å²) >= 11 is 4.57. The Morgan fingerprint density at radius 3 is 2.62 bits per heavy atom. The second-order valence-corrected chi connectivity index (χ2v) is 6.12. The molecule has 0 radical (unpaired) electrons. The summed E-state index contributed by atoms with van der Waals surface area (Å²) < 4.78 is 0.699. The van der Waals surface area contributed by atoms with Crippen molar-refractivity contribution in [2.45, 2.75) is 26.8 Å². The van der Waals surface area contributed by atoms with E-state index in [0.29, 0.717) is 21.5 Å². The lowest BCUT2D eigenvalue weighted by Crippen LogP contribution is -2.39. The monoisotopic (exact) mass is 306 g/mol. The lowest BCUT2D eigenvalue weighted by molar-refractivity contribution is -0.121. The number of carbonyl (C=O) groups excluding carboxylic acids is 1. The van der Waals surface area contributed by atoms with E-state index in [4.69, 9.17) is 0 Å². The lowest BCUT2D eigenvalue weighted by atomic mass is 10.2. The number of nitrogens with one attached hydrogen (secondary N) is 2. The van der Waals surface area contributed by atoms with Gasteiger partial charge in [-0.15, -0.1) is 10.2 Å². The molecule has 0 aromatic carbocycles. The Bertz CT molecular complexity index is 355. The highest BCUT2D eigenvalue weighted by molar-refractivity contribution is 9.11. The minimum atomic E-state index is -0.307. The maximum atomic E-state index is 11.6. The summed E-state index contributed by atoms with van der Waals surface area (Å²) in [6, 6.07) is -0.307. The number of aromatic nitrogens is 2. The predicted molar refractivity (Wildman–Crippen MR) is 68.5 cm³/mol. The molecule has 0 aliphatic rings. The van der Waals surface area contributed by atoms with Crippen LogP contribution in [0.4, 0.5) is 5.13 Å². The molecule has 1 aromatic heterocycles. The van der Waals surface area contributed by atoms with E-state index in [1.165, 1.54) is 11.3 Å². The topological polar surface area (TPSA) is 66.9 Å². The Hall–Kier alpha value is -0.690. The second-order valence-electron chi connectivity index (χ2n) is 3.87. The van der Waals surface area contributed by atoms with Gasteiger partial charge in [0.15, 0.2) is 3.92 Å². The van der Waals surface area contributed by atoms with Gasteiger partial charge in [0.2, 0.25) is 11.0 Å². The summed E-state index contributed by atoms with van der Waals surface area (Å²) in [6.07, 6.45) is 0. The number of amides is 1. The number of anilines is 1. The SMILES string of the molecule is CC(C)CNC(=O)C(C)Nc1nnc(Br)s1. The second kappa shape index (κ2) is 6.15. The van der Waals surface area contributed by atoms with Gasteiger partial charge in [-0.2, -0.15) is 0 Å². The molecule has 1 heterocycles. The minimum absolute atomic E-state index is 0.0278. The third-order valence-corrected chi connectivity index (χ3v) is 3.11. The molecule has 1 unspecified atom stereocenters. The standard InChI is InChI=1S/C9H15BrN4OS/c1-5(2)4-11-7(15)6(3)12-9-14-13-8(10)16-9/h5-6H,4H2,1-3H3,(H,11,15)(H,12,14). The van der Waals surface area contributed by atoms with Gasteiger partial charge in [-0.25, -0.2) is 0 Å². The van der Waals surface area contributed by atoms with Crippen molar-refractivity contribution in [1.82, 2.24) is 15.5 Å². The molecule has 90 valence electrons. The van der Waals surface area contributed by atoms with Crippen molar-refractivity contribution in [3.8, 4) is 0 Å². The predicted octanol–water partition coefficient (Wildman–Crippen LogP) is 1.87. The van der Waals surface area contributed by atoms with Crippen molar-refractivity contribution in [1.29, 1.82) is 0 Å². The zero-order valence-electron chi connectivity index (χ0n) is 9.45. The number of carbonyl (C=O) groups is 1. The highest BCUT2D eigenvalue weighted by atomic mass is 79.9. The number of nitrogens with zero attached hydrogens (tertiary/aromatic N) is 2. The maximum Gasteiger partial charge on any atom is 0.242 e. The van der Waals surface area contributed by atoms with E-state index in [0.717, 1.165) is 0 Å². The maximum absolute atomic E-state index is 11.6. The summed E-state index contributed by atoms with van der Waals surface area (Å²) in [7, 11) is 0. The summed E-state index contributed by atoms with van der Waals surface area (Å²) in [6.45, 7) is 6.59. The van der Waals surface area contributed by atoms with Gasteiger partial charge in [-0.3, -0.25) is 4.79 Å². The molecule has 0 spiro atoms. The van der Waals surface area contributed by atoms with Crippen LogP contribution in [-0.4, -0.2) is 28.7 Å². The van der Waals surface area contributed by atoms with Crippen LogP contribution in [0.15, 0.2) is 3.92 Å². The first kappa shape index (κ1) is 13.4. The number of hydrogen-bond acceptors (Lipinski definition) is 5. The average Bonchev–Trinajstić information content (AvgIpc) is 2.60. The van der Waals surface area contributed by atoms with Gasteiger partial charge in [0.1, 0.15) is 6.04 Å². The molecule has 0 bridgehead atoms. The van der Waals surface area contributed by atoms with E-state index in [-0.39, 0.29) is 11.9 Å². The summed E-state index contributed by atoms with van der Waals surface area (Å²) in [5.74, 6) is 0.423. The van der Waals surface area contributed by atoms with Gasteiger partial charge in [-0.05, 0) is 28.8 Å². The van der Waals surface area contributed by atoms with E-state index in [1.54, 1.807) is 6.92 Å². The normalized spacial score (nSPS) is 12.6. The Kier molecular flexibility index (Phi) is 5.14. The number of halogens is 1. The van der Waals surface area contributed by atoms with E-state index in [2.05, 4.69) is 50.6 Å². The molecule has 1 rings (SSSR count). The fourth-order valence-electron chi connectivity index (χ4n) is 0.972. The van der Waals surface area contributed by atoms with Gasteiger partial charge in [0.25, 0.3) is 0 Å². The summed E-state index contributed by atoms with van der Waals surface area (Å²) in [5, 5.41) is 14.1. The number of rotatable bonds is 5. The lowest BCUT2D eigenvalue weighted by Gasteiger charge is -2.13. The molecule has 2 N–H and O–H groups in total. The Balaban J connectivity index is 2.39. The fourth-order valence-corrected chi connectivity index (χ4v) is 2.07. The highest BCUT2D eigenvalue weighted by Crippen LogP contribution is 2.20. The molecule has 0 saturated heterocycles. The Labute approximate surface area is 107 Å². The van der Waals surface area contributed by atoms with Gasteiger partial charge in [-0.1, -0.05) is 25.2 Å². The van der Waals surface area contributed by atoms with Crippen LogP contribution < -0.4 is 10.6 Å². The van der Waals surface area contributed by atoms with Gasteiger partial charge >= 0.3 is 0 Å². The van der Waals surface area contributed by atoms with Crippen LogP contribution in [0.2, 0.25) is 0 Å². The molecule has 0 aliphatic heterocycles. The first-order valence-corrected chi connectivity index (χ1v) is 6.63.